The van der Waals surface area contributed by atoms with Crippen LogP contribution in [0.25, 0.3) is 0 Å². The molecule has 0 aromatic heterocycles. The maximum absolute atomic E-state index is 5.78. The van der Waals surface area contributed by atoms with E-state index >= 15 is 0 Å². The standard InChI is InChI=1S/C9H17NO/c10-7-8-2-5-11-9(6-8)3-1-4-9/h8H,1-7,10H2/t8-/m1/s1. The van der Waals surface area contributed by atoms with E-state index in [1.165, 1.54) is 32.1 Å². The average molecular weight is 155 g/mol. The van der Waals surface area contributed by atoms with Crippen LogP contribution < -0.4 is 5.73 Å². The molecule has 2 aliphatic rings. The van der Waals surface area contributed by atoms with Crippen molar-refractivity contribution in [2.45, 2.75) is 37.7 Å². The SMILES string of the molecule is NC[C@@H]1CCOC2(CCC2)C1. The van der Waals surface area contributed by atoms with Crippen molar-refractivity contribution in [1.29, 1.82) is 0 Å². The first-order valence-corrected chi connectivity index (χ1v) is 4.69. The molecule has 2 nitrogen and oxygen atoms in total. The van der Waals surface area contributed by atoms with Gasteiger partial charge in [0.2, 0.25) is 0 Å². The molecule has 1 heterocycles. The van der Waals surface area contributed by atoms with Crippen molar-refractivity contribution in [2.24, 2.45) is 11.7 Å². The van der Waals surface area contributed by atoms with Gasteiger partial charge < -0.3 is 10.5 Å². The minimum Gasteiger partial charge on any atom is -0.375 e. The Balaban J connectivity index is 1.92. The van der Waals surface area contributed by atoms with E-state index in [0.717, 1.165) is 19.1 Å². The number of hydrogen-bond donors (Lipinski definition) is 1. The molecule has 1 atom stereocenters. The van der Waals surface area contributed by atoms with Crippen molar-refractivity contribution in [3.05, 3.63) is 0 Å². The number of nitrogens with two attached hydrogens (primary N) is 1. The number of ether oxygens (including phenoxy) is 1. The van der Waals surface area contributed by atoms with Crippen LogP contribution in [-0.2, 0) is 4.74 Å². The molecule has 2 heteroatoms. The summed E-state index contributed by atoms with van der Waals surface area (Å²) in [7, 11) is 0. The van der Waals surface area contributed by atoms with Crippen molar-refractivity contribution in [1.82, 2.24) is 0 Å². The summed E-state index contributed by atoms with van der Waals surface area (Å²) in [5, 5.41) is 0. The van der Waals surface area contributed by atoms with Gasteiger partial charge in [0.25, 0.3) is 0 Å². The van der Waals surface area contributed by atoms with E-state index in [0.29, 0.717) is 5.60 Å². The number of rotatable bonds is 1. The van der Waals surface area contributed by atoms with Crippen LogP contribution >= 0.6 is 0 Å². The van der Waals surface area contributed by atoms with E-state index in [2.05, 4.69) is 0 Å². The van der Waals surface area contributed by atoms with Gasteiger partial charge in [-0.3, -0.25) is 0 Å². The molecule has 2 N–H and O–H groups in total. The Morgan fingerprint density at radius 3 is 2.82 bits per heavy atom. The van der Waals surface area contributed by atoms with Gasteiger partial charge in [0.05, 0.1) is 5.60 Å². The molecule has 0 aromatic rings. The van der Waals surface area contributed by atoms with Gasteiger partial charge in [-0.05, 0) is 44.6 Å². The van der Waals surface area contributed by atoms with Crippen LogP contribution in [-0.4, -0.2) is 18.8 Å². The van der Waals surface area contributed by atoms with Crippen LogP contribution in [0.1, 0.15) is 32.1 Å². The van der Waals surface area contributed by atoms with Gasteiger partial charge in [-0.15, -0.1) is 0 Å². The fourth-order valence-corrected chi connectivity index (χ4v) is 2.25. The molecule has 2 fully saturated rings. The molecular weight excluding hydrogens is 138 g/mol. The zero-order chi connectivity index (χ0) is 7.73. The highest BCUT2D eigenvalue weighted by Gasteiger charge is 2.41. The van der Waals surface area contributed by atoms with E-state index in [-0.39, 0.29) is 0 Å². The lowest BCUT2D eigenvalue weighted by Crippen LogP contribution is -2.46. The van der Waals surface area contributed by atoms with Crippen LogP contribution in [0.15, 0.2) is 0 Å². The van der Waals surface area contributed by atoms with Gasteiger partial charge >= 0.3 is 0 Å². The Morgan fingerprint density at radius 2 is 2.27 bits per heavy atom. The van der Waals surface area contributed by atoms with Crippen molar-refractivity contribution in [2.75, 3.05) is 13.2 Å². The molecule has 0 radical (unpaired) electrons. The topological polar surface area (TPSA) is 35.2 Å². The maximum atomic E-state index is 5.78. The predicted molar refractivity (Wildman–Crippen MR) is 44.3 cm³/mol. The minimum atomic E-state index is 0.294. The lowest BCUT2D eigenvalue weighted by molar-refractivity contribution is -0.142. The molecule has 1 aliphatic carbocycles. The smallest absolute Gasteiger partial charge is 0.0685 e. The molecular formula is C9H17NO. The molecule has 0 bridgehead atoms. The van der Waals surface area contributed by atoms with E-state index in [4.69, 9.17) is 10.5 Å². The molecule has 2 rings (SSSR count). The zero-order valence-electron chi connectivity index (χ0n) is 7.01. The van der Waals surface area contributed by atoms with E-state index in [9.17, 15) is 0 Å². The first kappa shape index (κ1) is 7.56. The Labute approximate surface area is 68.1 Å². The maximum Gasteiger partial charge on any atom is 0.0685 e. The molecule has 1 saturated carbocycles. The highest BCUT2D eigenvalue weighted by atomic mass is 16.5. The monoisotopic (exact) mass is 155 g/mol. The van der Waals surface area contributed by atoms with Crippen molar-refractivity contribution >= 4 is 0 Å². The Morgan fingerprint density at radius 1 is 1.45 bits per heavy atom. The van der Waals surface area contributed by atoms with Gasteiger partial charge in [0.15, 0.2) is 0 Å². The third-order valence-electron chi connectivity index (χ3n) is 3.19. The van der Waals surface area contributed by atoms with Crippen LogP contribution in [0.2, 0.25) is 0 Å². The molecule has 1 spiro atoms. The van der Waals surface area contributed by atoms with Crippen LogP contribution in [0.4, 0.5) is 0 Å². The minimum absolute atomic E-state index is 0.294. The largest absolute Gasteiger partial charge is 0.375 e. The normalized spacial score (nSPS) is 35.2. The van der Waals surface area contributed by atoms with Gasteiger partial charge in [0.1, 0.15) is 0 Å². The molecule has 1 saturated heterocycles. The van der Waals surface area contributed by atoms with E-state index in [1.807, 2.05) is 0 Å². The highest BCUT2D eigenvalue weighted by Crippen LogP contribution is 2.43. The molecule has 0 unspecified atom stereocenters. The van der Waals surface area contributed by atoms with E-state index in [1.54, 1.807) is 0 Å². The first-order chi connectivity index (χ1) is 5.35. The average Bonchev–Trinajstić information content (AvgIpc) is 2.02. The molecule has 64 valence electrons. The predicted octanol–water partition coefficient (Wildman–Crippen LogP) is 1.29. The van der Waals surface area contributed by atoms with Crippen molar-refractivity contribution < 1.29 is 4.74 Å². The summed E-state index contributed by atoms with van der Waals surface area (Å²) >= 11 is 0. The zero-order valence-corrected chi connectivity index (χ0v) is 7.01. The second-order valence-electron chi connectivity index (χ2n) is 3.98. The first-order valence-electron chi connectivity index (χ1n) is 4.69. The summed E-state index contributed by atoms with van der Waals surface area (Å²) in [5.74, 6) is 0.740. The highest BCUT2D eigenvalue weighted by molar-refractivity contribution is 4.93. The Kier molecular flexibility index (Phi) is 1.90. The van der Waals surface area contributed by atoms with Crippen LogP contribution in [0.3, 0.4) is 0 Å². The van der Waals surface area contributed by atoms with Gasteiger partial charge in [-0.25, -0.2) is 0 Å². The fraction of sp³-hybridized carbons (Fsp3) is 1.00. The second-order valence-corrected chi connectivity index (χ2v) is 3.98. The van der Waals surface area contributed by atoms with E-state index < -0.39 is 0 Å². The fourth-order valence-electron chi connectivity index (χ4n) is 2.25. The summed E-state index contributed by atoms with van der Waals surface area (Å²) in [6.45, 7) is 1.80. The number of hydrogen-bond acceptors (Lipinski definition) is 2. The van der Waals surface area contributed by atoms with Gasteiger partial charge in [-0.1, -0.05) is 0 Å². The van der Waals surface area contributed by atoms with Crippen molar-refractivity contribution in [3.63, 3.8) is 0 Å². The van der Waals surface area contributed by atoms with Crippen molar-refractivity contribution in [3.8, 4) is 0 Å². The summed E-state index contributed by atoms with van der Waals surface area (Å²) in [6.07, 6.45) is 6.33. The lowest BCUT2D eigenvalue weighted by atomic mass is 9.72. The molecule has 11 heavy (non-hydrogen) atoms. The summed E-state index contributed by atoms with van der Waals surface area (Å²) in [4.78, 5) is 0. The van der Waals surface area contributed by atoms with Crippen LogP contribution in [0.5, 0.6) is 0 Å². The Hall–Kier alpha value is -0.0800. The summed E-state index contributed by atoms with van der Waals surface area (Å²) < 4.78 is 5.78. The molecule has 0 amide bonds. The van der Waals surface area contributed by atoms with Gasteiger partial charge in [0, 0.05) is 6.61 Å². The third kappa shape index (κ3) is 1.30. The second kappa shape index (κ2) is 2.76. The quantitative estimate of drug-likeness (QED) is 0.619. The Bertz CT molecular complexity index is 142. The van der Waals surface area contributed by atoms with Gasteiger partial charge in [-0.2, -0.15) is 0 Å². The summed E-state index contributed by atoms with van der Waals surface area (Å²) in [5.41, 5.74) is 5.94. The van der Waals surface area contributed by atoms with Crippen LogP contribution in [0, 0.1) is 5.92 Å². The summed E-state index contributed by atoms with van der Waals surface area (Å²) in [6, 6.07) is 0. The molecule has 1 aliphatic heterocycles. The third-order valence-corrected chi connectivity index (χ3v) is 3.19. The molecule has 0 aromatic carbocycles. The lowest BCUT2D eigenvalue weighted by Gasteiger charge is -2.47.